The van der Waals surface area contributed by atoms with Crippen molar-refractivity contribution in [3.05, 3.63) is 0 Å². The number of nitrogens with zero attached hydrogens (tertiary/aromatic N) is 1. The first-order valence-electron chi connectivity index (χ1n) is 6.51. The maximum Gasteiger partial charge on any atom is 0.0474 e. The minimum absolute atomic E-state index is 0.328. The fourth-order valence-corrected chi connectivity index (χ4v) is 2.83. The summed E-state index contributed by atoms with van der Waals surface area (Å²) in [5.41, 5.74) is 0.328. The van der Waals surface area contributed by atoms with Crippen LogP contribution in [0.15, 0.2) is 0 Å². The van der Waals surface area contributed by atoms with E-state index in [1.165, 1.54) is 25.9 Å². The van der Waals surface area contributed by atoms with Gasteiger partial charge in [-0.15, -0.1) is 0 Å². The van der Waals surface area contributed by atoms with Gasteiger partial charge in [-0.2, -0.15) is 0 Å². The van der Waals surface area contributed by atoms with Gasteiger partial charge in [-0.25, -0.2) is 0 Å². The zero-order valence-corrected chi connectivity index (χ0v) is 11.4. The number of nitrogens with one attached hydrogen (secondary N) is 1. The van der Waals surface area contributed by atoms with Crippen LogP contribution >= 0.6 is 0 Å². The first-order valence-corrected chi connectivity index (χ1v) is 6.51. The van der Waals surface area contributed by atoms with Gasteiger partial charge in [-0.1, -0.05) is 0 Å². The average Bonchev–Trinajstić information content (AvgIpc) is 2.24. The molecule has 0 bridgehead atoms. The third kappa shape index (κ3) is 3.44. The molecule has 0 aromatic heterocycles. The van der Waals surface area contributed by atoms with E-state index in [0.29, 0.717) is 5.54 Å². The van der Waals surface area contributed by atoms with Gasteiger partial charge >= 0.3 is 0 Å². The number of piperidine rings is 1. The van der Waals surface area contributed by atoms with E-state index in [1.54, 1.807) is 7.11 Å². The monoisotopic (exact) mass is 228 g/mol. The summed E-state index contributed by atoms with van der Waals surface area (Å²) in [5.74, 6) is 0.772. The molecular formula is C13H28N2O. The van der Waals surface area contributed by atoms with Crippen LogP contribution in [-0.4, -0.2) is 50.8 Å². The lowest BCUT2D eigenvalue weighted by Crippen LogP contribution is -2.55. The highest BCUT2D eigenvalue weighted by Gasteiger charge is 2.37. The SMILES string of the molecule is CNCC1CCCN(CCCOC)C1(C)C. The van der Waals surface area contributed by atoms with Gasteiger partial charge < -0.3 is 10.1 Å². The second kappa shape index (κ2) is 6.58. The Morgan fingerprint density at radius 3 is 2.81 bits per heavy atom. The Bertz CT molecular complexity index is 192. The highest BCUT2D eigenvalue weighted by molar-refractivity contribution is 4.93. The van der Waals surface area contributed by atoms with Gasteiger partial charge in [0.1, 0.15) is 0 Å². The van der Waals surface area contributed by atoms with E-state index in [0.717, 1.165) is 25.5 Å². The van der Waals surface area contributed by atoms with Crippen LogP contribution in [0.25, 0.3) is 0 Å². The second-order valence-electron chi connectivity index (χ2n) is 5.38. The summed E-state index contributed by atoms with van der Waals surface area (Å²) in [6.45, 7) is 9.21. The lowest BCUT2D eigenvalue weighted by atomic mass is 9.79. The topological polar surface area (TPSA) is 24.5 Å². The zero-order valence-electron chi connectivity index (χ0n) is 11.4. The van der Waals surface area contributed by atoms with Crippen molar-refractivity contribution in [2.45, 2.75) is 38.6 Å². The Balaban J connectivity index is 2.48. The smallest absolute Gasteiger partial charge is 0.0474 e. The molecule has 1 saturated heterocycles. The fourth-order valence-electron chi connectivity index (χ4n) is 2.83. The molecule has 0 aromatic rings. The maximum atomic E-state index is 5.14. The van der Waals surface area contributed by atoms with Crippen molar-refractivity contribution in [2.24, 2.45) is 5.92 Å². The summed E-state index contributed by atoms with van der Waals surface area (Å²) in [4.78, 5) is 2.64. The Hall–Kier alpha value is -0.120. The molecule has 1 aliphatic rings. The summed E-state index contributed by atoms with van der Waals surface area (Å²) in [7, 11) is 3.84. The lowest BCUT2D eigenvalue weighted by molar-refractivity contribution is 0.0170. The fraction of sp³-hybridized carbons (Fsp3) is 1.00. The Morgan fingerprint density at radius 1 is 1.44 bits per heavy atom. The molecule has 1 fully saturated rings. The van der Waals surface area contributed by atoms with E-state index >= 15 is 0 Å². The van der Waals surface area contributed by atoms with Crippen molar-refractivity contribution in [2.75, 3.05) is 40.4 Å². The molecule has 1 N–H and O–H groups in total. The largest absolute Gasteiger partial charge is 0.385 e. The molecule has 1 rings (SSSR count). The van der Waals surface area contributed by atoms with Gasteiger partial charge in [-0.05, 0) is 59.2 Å². The molecular weight excluding hydrogens is 200 g/mol. The minimum Gasteiger partial charge on any atom is -0.385 e. The van der Waals surface area contributed by atoms with Crippen LogP contribution in [0.5, 0.6) is 0 Å². The first kappa shape index (κ1) is 13.9. The normalized spacial score (nSPS) is 25.9. The van der Waals surface area contributed by atoms with E-state index < -0.39 is 0 Å². The molecule has 1 atom stereocenters. The van der Waals surface area contributed by atoms with Crippen molar-refractivity contribution in [1.29, 1.82) is 0 Å². The van der Waals surface area contributed by atoms with Crippen LogP contribution < -0.4 is 5.32 Å². The van der Waals surface area contributed by atoms with Crippen molar-refractivity contribution < 1.29 is 4.74 Å². The second-order valence-corrected chi connectivity index (χ2v) is 5.38. The highest BCUT2D eigenvalue weighted by atomic mass is 16.5. The van der Waals surface area contributed by atoms with Crippen molar-refractivity contribution in [3.8, 4) is 0 Å². The molecule has 0 spiro atoms. The molecule has 3 nitrogen and oxygen atoms in total. The van der Waals surface area contributed by atoms with E-state index in [9.17, 15) is 0 Å². The number of rotatable bonds is 6. The number of ether oxygens (including phenoxy) is 1. The number of likely N-dealkylation sites (tertiary alicyclic amines) is 1. The molecule has 0 aromatic carbocycles. The number of hydrogen-bond donors (Lipinski definition) is 1. The minimum atomic E-state index is 0.328. The van der Waals surface area contributed by atoms with Crippen LogP contribution in [0.2, 0.25) is 0 Å². The average molecular weight is 228 g/mol. The van der Waals surface area contributed by atoms with Crippen LogP contribution in [-0.2, 0) is 4.74 Å². The summed E-state index contributed by atoms with van der Waals surface area (Å²) in [5, 5.41) is 3.33. The summed E-state index contributed by atoms with van der Waals surface area (Å²) >= 11 is 0. The van der Waals surface area contributed by atoms with Crippen molar-refractivity contribution in [1.82, 2.24) is 10.2 Å². The van der Waals surface area contributed by atoms with Crippen LogP contribution in [0.4, 0.5) is 0 Å². The summed E-state index contributed by atoms with van der Waals surface area (Å²) in [6.07, 6.45) is 3.84. The lowest BCUT2D eigenvalue weighted by Gasteiger charge is -2.48. The molecule has 3 heteroatoms. The quantitative estimate of drug-likeness (QED) is 0.701. The predicted octanol–water partition coefficient (Wildman–Crippen LogP) is 1.73. The molecule has 1 heterocycles. The molecule has 0 radical (unpaired) electrons. The zero-order chi connectivity index (χ0) is 12.0. The number of methoxy groups -OCH3 is 1. The Morgan fingerprint density at radius 2 is 2.19 bits per heavy atom. The summed E-state index contributed by atoms with van der Waals surface area (Å²) in [6, 6.07) is 0. The van der Waals surface area contributed by atoms with Gasteiger partial charge in [-0.3, -0.25) is 4.90 Å². The van der Waals surface area contributed by atoms with E-state index in [1.807, 2.05) is 0 Å². The molecule has 16 heavy (non-hydrogen) atoms. The summed E-state index contributed by atoms with van der Waals surface area (Å²) < 4.78 is 5.14. The van der Waals surface area contributed by atoms with Crippen LogP contribution in [0.3, 0.4) is 0 Å². The number of hydrogen-bond acceptors (Lipinski definition) is 3. The van der Waals surface area contributed by atoms with Gasteiger partial charge in [0, 0.05) is 25.8 Å². The van der Waals surface area contributed by atoms with Gasteiger partial charge in [0.05, 0.1) is 0 Å². The predicted molar refractivity (Wildman–Crippen MR) is 68.8 cm³/mol. The van der Waals surface area contributed by atoms with E-state index in [-0.39, 0.29) is 0 Å². The van der Waals surface area contributed by atoms with Crippen LogP contribution in [0, 0.1) is 5.92 Å². The first-order chi connectivity index (χ1) is 7.62. The third-order valence-corrected chi connectivity index (χ3v) is 4.02. The molecule has 0 saturated carbocycles. The van der Waals surface area contributed by atoms with E-state index in [2.05, 4.69) is 31.1 Å². The molecule has 1 unspecified atom stereocenters. The van der Waals surface area contributed by atoms with Gasteiger partial charge in [0.2, 0.25) is 0 Å². The molecule has 0 amide bonds. The van der Waals surface area contributed by atoms with Crippen LogP contribution in [0.1, 0.15) is 33.1 Å². The van der Waals surface area contributed by atoms with Crippen molar-refractivity contribution in [3.63, 3.8) is 0 Å². The molecule has 1 aliphatic heterocycles. The van der Waals surface area contributed by atoms with Gasteiger partial charge in [0.15, 0.2) is 0 Å². The highest BCUT2D eigenvalue weighted by Crippen LogP contribution is 2.32. The maximum absolute atomic E-state index is 5.14. The Labute approximate surface area is 101 Å². The Kier molecular flexibility index (Phi) is 5.73. The molecule has 96 valence electrons. The molecule has 0 aliphatic carbocycles. The van der Waals surface area contributed by atoms with E-state index in [4.69, 9.17) is 4.74 Å². The standard InChI is InChI=1S/C13H28N2O/c1-13(2)12(11-14-3)7-5-8-15(13)9-6-10-16-4/h12,14H,5-11H2,1-4H3. The van der Waals surface area contributed by atoms with Gasteiger partial charge in [0.25, 0.3) is 0 Å². The third-order valence-electron chi connectivity index (χ3n) is 4.02. The van der Waals surface area contributed by atoms with Crippen molar-refractivity contribution >= 4 is 0 Å².